The molecule has 0 aromatic heterocycles. The van der Waals surface area contributed by atoms with Gasteiger partial charge in [-0.3, -0.25) is 0 Å². The van der Waals surface area contributed by atoms with Crippen molar-refractivity contribution in [2.45, 2.75) is 62.7 Å². The number of sulfone groups is 1. The Bertz CT molecular complexity index is 507. The molecule has 0 radical (unpaired) electrons. The number of rotatable bonds is 4. The zero-order valence-corrected chi connectivity index (χ0v) is 13.2. The van der Waals surface area contributed by atoms with E-state index in [0.717, 1.165) is 5.56 Å². The molecule has 0 saturated carbocycles. The summed E-state index contributed by atoms with van der Waals surface area (Å²) in [7, 11) is -3.36. The number of hydrogen-bond acceptors (Lipinski definition) is 3. The normalized spacial score (nSPS) is 16.1. The molecule has 1 rings (SSSR count). The minimum Gasteiger partial charge on any atom is -0.393 e. The van der Waals surface area contributed by atoms with Crippen molar-refractivity contribution >= 4 is 9.84 Å². The van der Waals surface area contributed by atoms with Gasteiger partial charge in [-0.15, -0.1) is 0 Å². The van der Waals surface area contributed by atoms with Gasteiger partial charge in [0.2, 0.25) is 0 Å². The van der Waals surface area contributed by atoms with Gasteiger partial charge in [0.25, 0.3) is 0 Å². The van der Waals surface area contributed by atoms with Crippen molar-refractivity contribution in [3.8, 4) is 0 Å². The molecule has 0 fully saturated rings. The van der Waals surface area contributed by atoms with E-state index in [1.165, 1.54) is 0 Å². The maximum absolute atomic E-state index is 12.3. The largest absolute Gasteiger partial charge is 0.393 e. The van der Waals surface area contributed by atoms with Crippen molar-refractivity contribution in [2.24, 2.45) is 0 Å². The highest BCUT2D eigenvalue weighted by Gasteiger charge is 2.25. The average molecular weight is 284 g/mol. The third-order valence-electron chi connectivity index (χ3n) is 3.25. The molecule has 0 bridgehead atoms. The van der Waals surface area contributed by atoms with Crippen molar-refractivity contribution < 1.29 is 13.5 Å². The lowest BCUT2D eigenvalue weighted by Gasteiger charge is -2.20. The molecular weight excluding hydrogens is 260 g/mol. The molecule has 0 aliphatic heterocycles. The van der Waals surface area contributed by atoms with Gasteiger partial charge in [-0.05, 0) is 43.4 Å². The lowest BCUT2D eigenvalue weighted by atomic mass is 9.87. The van der Waals surface area contributed by atoms with Crippen LogP contribution in [0.3, 0.4) is 0 Å². The summed E-state index contributed by atoms with van der Waals surface area (Å²) in [5.41, 5.74) is 1.11. The summed E-state index contributed by atoms with van der Waals surface area (Å²) in [4.78, 5) is 0.327. The van der Waals surface area contributed by atoms with E-state index < -0.39 is 21.2 Å². The SMILES string of the molecule is CC(O)CC(C)S(=O)(=O)c1ccc(C(C)(C)C)cc1. The molecule has 4 heteroatoms. The van der Waals surface area contributed by atoms with Crippen LogP contribution >= 0.6 is 0 Å². The Balaban J connectivity index is 3.04. The summed E-state index contributed by atoms with van der Waals surface area (Å²) in [6, 6.07) is 7.05. The van der Waals surface area contributed by atoms with Gasteiger partial charge in [-0.1, -0.05) is 32.9 Å². The molecule has 108 valence electrons. The number of benzene rings is 1. The van der Waals surface area contributed by atoms with E-state index in [4.69, 9.17) is 0 Å². The molecule has 3 nitrogen and oxygen atoms in total. The van der Waals surface area contributed by atoms with E-state index in [-0.39, 0.29) is 11.8 Å². The predicted octanol–water partition coefficient (Wildman–Crippen LogP) is 2.92. The van der Waals surface area contributed by atoms with Crippen molar-refractivity contribution in [3.05, 3.63) is 29.8 Å². The first-order chi connectivity index (χ1) is 8.55. The first-order valence-corrected chi connectivity index (χ1v) is 8.12. The lowest BCUT2D eigenvalue weighted by Crippen LogP contribution is -2.22. The van der Waals surface area contributed by atoms with Crippen LogP contribution < -0.4 is 0 Å². The fraction of sp³-hybridized carbons (Fsp3) is 0.600. The fourth-order valence-corrected chi connectivity index (χ4v) is 3.50. The van der Waals surface area contributed by atoms with E-state index in [9.17, 15) is 13.5 Å². The topological polar surface area (TPSA) is 54.4 Å². The molecule has 2 unspecified atom stereocenters. The Morgan fingerprint density at radius 1 is 1.11 bits per heavy atom. The molecule has 1 aromatic rings. The van der Waals surface area contributed by atoms with Crippen LogP contribution in [-0.4, -0.2) is 24.9 Å². The second kappa shape index (κ2) is 5.63. The minimum atomic E-state index is -3.36. The summed E-state index contributed by atoms with van der Waals surface area (Å²) < 4.78 is 24.6. The third kappa shape index (κ3) is 4.05. The van der Waals surface area contributed by atoms with E-state index in [1.807, 2.05) is 12.1 Å². The van der Waals surface area contributed by atoms with Gasteiger partial charge in [0.05, 0.1) is 16.2 Å². The van der Waals surface area contributed by atoms with Crippen molar-refractivity contribution in [3.63, 3.8) is 0 Å². The van der Waals surface area contributed by atoms with E-state index in [1.54, 1.807) is 26.0 Å². The Morgan fingerprint density at radius 3 is 1.95 bits per heavy atom. The van der Waals surface area contributed by atoms with Crippen LogP contribution in [0.4, 0.5) is 0 Å². The van der Waals surface area contributed by atoms with Gasteiger partial charge < -0.3 is 5.11 Å². The second-order valence-electron chi connectivity index (χ2n) is 6.21. The number of hydrogen-bond donors (Lipinski definition) is 1. The van der Waals surface area contributed by atoms with Gasteiger partial charge in [0.15, 0.2) is 9.84 Å². The zero-order chi connectivity index (χ0) is 14.8. The Kier molecular flexibility index (Phi) is 4.80. The van der Waals surface area contributed by atoms with Gasteiger partial charge in [0.1, 0.15) is 0 Å². The molecular formula is C15H24O3S. The maximum Gasteiger partial charge on any atom is 0.181 e. The fourth-order valence-electron chi connectivity index (χ4n) is 1.98. The van der Waals surface area contributed by atoms with Crippen molar-refractivity contribution in [2.75, 3.05) is 0 Å². The predicted molar refractivity (Wildman–Crippen MR) is 78.1 cm³/mol. The lowest BCUT2D eigenvalue weighted by molar-refractivity contribution is 0.184. The summed E-state index contributed by atoms with van der Waals surface area (Å²) in [5.74, 6) is 0. The van der Waals surface area contributed by atoms with Gasteiger partial charge in [-0.25, -0.2) is 8.42 Å². The highest BCUT2D eigenvalue weighted by atomic mass is 32.2. The van der Waals surface area contributed by atoms with Crippen LogP contribution in [0.5, 0.6) is 0 Å². The highest BCUT2D eigenvalue weighted by Crippen LogP contribution is 2.25. The molecule has 0 heterocycles. The minimum absolute atomic E-state index is 0.00746. The third-order valence-corrected chi connectivity index (χ3v) is 5.43. The van der Waals surface area contributed by atoms with E-state index in [0.29, 0.717) is 4.90 Å². The molecule has 0 amide bonds. The molecule has 1 aromatic carbocycles. The van der Waals surface area contributed by atoms with Gasteiger partial charge in [-0.2, -0.15) is 0 Å². The molecule has 0 aliphatic carbocycles. The molecule has 0 spiro atoms. The zero-order valence-electron chi connectivity index (χ0n) is 12.3. The number of aliphatic hydroxyl groups excluding tert-OH is 1. The average Bonchev–Trinajstić information content (AvgIpc) is 2.27. The van der Waals surface area contributed by atoms with Crippen LogP contribution in [-0.2, 0) is 15.3 Å². The van der Waals surface area contributed by atoms with E-state index >= 15 is 0 Å². The summed E-state index contributed by atoms with van der Waals surface area (Å²) in [6.07, 6.45) is -0.359. The Labute approximate surface area is 116 Å². The van der Waals surface area contributed by atoms with Crippen LogP contribution in [0.25, 0.3) is 0 Å². The Morgan fingerprint density at radius 2 is 1.58 bits per heavy atom. The van der Waals surface area contributed by atoms with Crippen LogP contribution in [0, 0.1) is 0 Å². The van der Waals surface area contributed by atoms with Crippen molar-refractivity contribution in [1.29, 1.82) is 0 Å². The Hall–Kier alpha value is -0.870. The standard InChI is InChI=1S/C15H24O3S/c1-11(16)10-12(2)19(17,18)14-8-6-13(7-9-14)15(3,4)5/h6-9,11-12,16H,10H2,1-5H3. The molecule has 0 aliphatic rings. The van der Waals surface area contributed by atoms with Crippen LogP contribution in [0.2, 0.25) is 0 Å². The highest BCUT2D eigenvalue weighted by molar-refractivity contribution is 7.92. The van der Waals surface area contributed by atoms with Gasteiger partial charge >= 0.3 is 0 Å². The van der Waals surface area contributed by atoms with Crippen LogP contribution in [0.15, 0.2) is 29.2 Å². The van der Waals surface area contributed by atoms with Crippen molar-refractivity contribution in [1.82, 2.24) is 0 Å². The van der Waals surface area contributed by atoms with Crippen LogP contribution in [0.1, 0.15) is 46.6 Å². The number of aliphatic hydroxyl groups is 1. The van der Waals surface area contributed by atoms with Gasteiger partial charge in [0, 0.05) is 0 Å². The maximum atomic E-state index is 12.3. The second-order valence-corrected chi connectivity index (χ2v) is 8.58. The summed E-state index contributed by atoms with van der Waals surface area (Å²) in [5, 5.41) is 8.74. The molecule has 1 N–H and O–H groups in total. The summed E-state index contributed by atoms with van der Waals surface area (Å²) >= 11 is 0. The molecule has 0 saturated heterocycles. The molecule has 2 atom stereocenters. The smallest absolute Gasteiger partial charge is 0.181 e. The summed E-state index contributed by atoms with van der Waals surface area (Å²) in [6.45, 7) is 9.51. The molecule has 19 heavy (non-hydrogen) atoms. The van der Waals surface area contributed by atoms with E-state index in [2.05, 4.69) is 20.8 Å². The monoisotopic (exact) mass is 284 g/mol. The first-order valence-electron chi connectivity index (χ1n) is 6.57. The first kappa shape index (κ1) is 16.2. The quantitative estimate of drug-likeness (QED) is 0.925.